The molecule has 0 spiro atoms. The minimum Gasteiger partial charge on any atom is -0.291 e. The van der Waals surface area contributed by atoms with E-state index in [4.69, 9.17) is 0 Å². The van der Waals surface area contributed by atoms with Crippen molar-refractivity contribution >= 4 is 16.7 Å². The van der Waals surface area contributed by atoms with Crippen LogP contribution in [-0.4, -0.2) is 24.6 Å². The second kappa shape index (κ2) is 2.38. The van der Waals surface area contributed by atoms with Crippen molar-refractivity contribution in [3.63, 3.8) is 0 Å². The molecule has 0 saturated carbocycles. The summed E-state index contributed by atoms with van der Waals surface area (Å²) in [5.41, 5.74) is 0.929. The van der Waals surface area contributed by atoms with E-state index in [2.05, 4.69) is 20.2 Å². The van der Waals surface area contributed by atoms with Gasteiger partial charge in [-0.1, -0.05) is 0 Å². The first-order valence-corrected chi connectivity index (χ1v) is 4.02. The minimum absolute atomic E-state index is 0.265. The van der Waals surface area contributed by atoms with E-state index in [1.54, 1.807) is 23.1 Å². The molecular weight excluding hydrogens is 182 g/mol. The molecule has 1 N–H and O–H groups in total. The smallest absolute Gasteiger partial charge is 0.273 e. The lowest BCUT2D eigenvalue weighted by atomic mass is 10.4. The number of aromatic amines is 1. The molecule has 0 aromatic carbocycles. The average molecular weight is 187 g/mol. The Kier molecular flexibility index (Phi) is 1.22. The third-order valence-electron chi connectivity index (χ3n) is 2.01. The maximum absolute atomic E-state index is 11.1. The van der Waals surface area contributed by atoms with Gasteiger partial charge in [0, 0.05) is 12.3 Å². The number of hydrogen-bond acceptors (Lipinski definition) is 4. The molecule has 3 heterocycles. The molecule has 0 aliphatic rings. The number of hydrogen-bond donors (Lipinski definition) is 1. The zero-order valence-corrected chi connectivity index (χ0v) is 7.01. The predicted molar refractivity (Wildman–Crippen MR) is 48.9 cm³/mol. The summed E-state index contributed by atoms with van der Waals surface area (Å²) in [6.07, 6.45) is 4.82. The number of aromatic nitrogens is 5. The van der Waals surface area contributed by atoms with Crippen LogP contribution in [0, 0.1) is 0 Å². The molecule has 0 aliphatic carbocycles. The molecule has 0 fully saturated rings. The van der Waals surface area contributed by atoms with Crippen molar-refractivity contribution in [1.82, 2.24) is 24.6 Å². The van der Waals surface area contributed by atoms with E-state index in [0.717, 1.165) is 5.39 Å². The molecule has 6 heteroatoms. The van der Waals surface area contributed by atoms with E-state index in [9.17, 15) is 4.79 Å². The number of nitrogens with zero attached hydrogens (tertiary/aromatic N) is 4. The Balaban J connectivity index is 2.66. The molecule has 0 amide bonds. The van der Waals surface area contributed by atoms with Crippen molar-refractivity contribution in [3.8, 4) is 0 Å². The van der Waals surface area contributed by atoms with E-state index in [1.807, 2.05) is 0 Å². The molecule has 0 radical (unpaired) electrons. The maximum Gasteiger partial charge on any atom is 0.273 e. The van der Waals surface area contributed by atoms with Gasteiger partial charge in [-0.25, -0.2) is 4.98 Å². The van der Waals surface area contributed by atoms with Gasteiger partial charge in [-0.05, 0) is 0 Å². The Labute approximate surface area is 77.2 Å². The maximum atomic E-state index is 11.1. The lowest BCUT2D eigenvalue weighted by molar-refractivity contribution is 1.03. The zero-order valence-electron chi connectivity index (χ0n) is 7.01. The monoisotopic (exact) mass is 187 g/mol. The van der Waals surface area contributed by atoms with Crippen LogP contribution in [0.5, 0.6) is 0 Å². The summed E-state index contributed by atoms with van der Waals surface area (Å²) in [5.74, 6) is 0. The van der Waals surface area contributed by atoms with Gasteiger partial charge in [0.25, 0.3) is 5.56 Å². The summed E-state index contributed by atoms with van der Waals surface area (Å²) in [6.45, 7) is 0. The van der Waals surface area contributed by atoms with Crippen molar-refractivity contribution in [2.45, 2.75) is 0 Å². The summed E-state index contributed by atoms with van der Waals surface area (Å²) in [4.78, 5) is 19.1. The van der Waals surface area contributed by atoms with E-state index in [0.29, 0.717) is 11.3 Å². The molecule has 0 saturated heterocycles. The van der Waals surface area contributed by atoms with E-state index in [1.165, 1.54) is 6.07 Å². The number of H-pyrrole nitrogens is 1. The first kappa shape index (κ1) is 7.19. The Bertz CT molecular complexity index is 668. The lowest BCUT2D eigenvalue weighted by Crippen LogP contribution is -2.07. The molecule has 3 rings (SSSR count). The normalized spacial score (nSPS) is 11.1. The SMILES string of the molecule is O=c1ccn2cnc3[nH]ncc3c2n1. The third-order valence-corrected chi connectivity index (χ3v) is 2.01. The Morgan fingerprint density at radius 3 is 3.29 bits per heavy atom. The highest BCUT2D eigenvalue weighted by Gasteiger charge is 2.03. The second-order valence-electron chi connectivity index (χ2n) is 2.87. The lowest BCUT2D eigenvalue weighted by Gasteiger charge is -1.97. The van der Waals surface area contributed by atoms with Crippen LogP contribution in [-0.2, 0) is 0 Å². The van der Waals surface area contributed by atoms with E-state index in [-0.39, 0.29) is 5.56 Å². The van der Waals surface area contributed by atoms with Gasteiger partial charge in [-0.2, -0.15) is 10.1 Å². The van der Waals surface area contributed by atoms with Gasteiger partial charge in [-0.3, -0.25) is 14.3 Å². The van der Waals surface area contributed by atoms with Crippen LogP contribution in [0.2, 0.25) is 0 Å². The molecule has 14 heavy (non-hydrogen) atoms. The van der Waals surface area contributed by atoms with Crippen LogP contribution in [0.4, 0.5) is 0 Å². The van der Waals surface area contributed by atoms with Crippen LogP contribution >= 0.6 is 0 Å². The van der Waals surface area contributed by atoms with Crippen LogP contribution in [0.25, 0.3) is 16.7 Å². The Hall–Kier alpha value is -2.24. The Morgan fingerprint density at radius 1 is 1.43 bits per heavy atom. The average Bonchev–Trinajstić information content (AvgIpc) is 2.65. The van der Waals surface area contributed by atoms with Gasteiger partial charge in [-0.15, -0.1) is 0 Å². The summed E-state index contributed by atoms with van der Waals surface area (Å²) in [6, 6.07) is 1.39. The van der Waals surface area contributed by atoms with Crippen molar-refractivity contribution in [2.75, 3.05) is 0 Å². The standard InChI is InChI=1S/C8H5N5O/c14-6-1-2-13-4-9-7-5(3-10-12-7)8(13)11-6/h1-4H,(H,10,12). The quantitative estimate of drug-likeness (QED) is 0.536. The summed E-state index contributed by atoms with van der Waals surface area (Å²) in [5, 5.41) is 7.29. The highest BCUT2D eigenvalue weighted by Crippen LogP contribution is 2.10. The predicted octanol–water partition coefficient (Wildman–Crippen LogP) is -0.0342. The molecule has 0 atom stereocenters. The highest BCUT2D eigenvalue weighted by atomic mass is 16.1. The topological polar surface area (TPSA) is 75.9 Å². The third kappa shape index (κ3) is 0.846. The first-order chi connectivity index (χ1) is 6.84. The van der Waals surface area contributed by atoms with Crippen LogP contribution in [0.15, 0.2) is 29.6 Å². The van der Waals surface area contributed by atoms with Crippen LogP contribution in [0.3, 0.4) is 0 Å². The van der Waals surface area contributed by atoms with E-state index < -0.39 is 0 Å². The number of rotatable bonds is 0. The molecule has 3 aromatic rings. The fourth-order valence-electron chi connectivity index (χ4n) is 1.37. The molecule has 68 valence electrons. The van der Waals surface area contributed by atoms with Crippen molar-refractivity contribution in [1.29, 1.82) is 0 Å². The van der Waals surface area contributed by atoms with Crippen LogP contribution in [0.1, 0.15) is 0 Å². The molecular formula is C8H5N5O. The number of fused-ring (bicyclic) bond motifs is 3. The fraction of sp³-hybridized carbons (Fsp3) is 0. The van der Waals surface area contributed by atoms with Crippen molar-refractivity contribution < 1.29 is 0 Å². The molecule has 3 aromatic heterocycles. The summed E-state index contributed by atoms with van der Waals surface area (Å²) < 4.78 is 1.68. The van der Waals surface area contributed by atoms with Gasteiger partial charge in [0.05, 0.1) is 11.6 Å². The molecule has 0 bridgehead atoms. The van der Waals surface area contributed by atoms with E-state index >= 15 is 0 Å². The fourth-order valence-corrected chi connectivity index (χ4v) is 1.37. The largest absolute Gasteiger partial charge is 0.291 e. The molecule has 0 aliphatic heterocycles. The van der Waals surface area contributed by atoms with Gasteiger partial charge in [0.15, 0.2) is 11.3 Å². The van der Waals surface area contributed by atoms with Crippen molar-refractivity contribution in [2.24, 2.45) is 0 Å². The van der Waals surface area contributed by atoms with Crippen molar-refractivity contribution in [3.05, 3.63) is 35.1 Å². The summed E-state index contributed by atoms with van der Waals surface area (Å²) >= 11 is 0. The number of nitrogens with one attached hydrogen (secondary N) is 1. The van der Waals surface area contributed by atoms with Crippen LogP contribution < -0.4 is 5.56 Å². The first-order valence-electron chi connectivity index (χ1n) is 4.02. The molecule has 6 nitrogen and oxygen atoms in total. The highest BCUT2D eigenvalue weighted by molar-refractivity contribution is 5.87. The molecule has 0 unspecified atom stereocenters. The Morgan fingerprint density at radius 2 is 2.36 bits per heavy atom. The zero-order chi connectivity index (χ0) is 9.54. The second-order valence-corrected chi connectivity index (χ2v) is 2.87. The summed E-state index contributed by atoms with van der Waals surface area (Å²) in [7, 11) is 0. The minimum atomic E-state index is -0.265. The van der Waals surface area contributed by atoms with Gasteiger partial charge >= 0.3 is 0 Å². The van der Waals surface area contributed by atoms with Gasteiger partial charge < -0.3 is 0 Å². The van der Waals surface area contributed by atoms with Gasteiger partial charge in [0.1, 0.15) is 6.33 Å². The van der Waals surface area contributed by atoms with Gasteiger partial charge in [0.2, 0.25) is 0 Å².